The van der Waals surface area contributed by atoms with E-state index < -0.39 is 5.56 Å². The number of benzene rings is 3. The van der Waals surface area contributed by atoms with E-state index in [0.29, 0.717) is 26.9 Å². The largest absolute Gasteiger partial charge is 0.397 e. The summed E-state index contributed by atoms with van der Waals surface area (Å²) in [7, 11) is 0. The predicted molar refractivity (Wildman–Crippen MR) is 151 cm³/mol. The first kappa shape index (κ1) is 23.7. The number of nitrogens with two attached hydrogens (primary N) is 1. The number of H-pyrrole nitrogens is 1. The molecule has 3 aromatic carbocycles. The summed E-state index contributed by atoms with van der Waals surface area (Å²) in [6.07, 6.45) is 1.41. The van der Waals surface area contributed by atoms with E-state index in [-0.39, 0.29) is 28.5 Å². The Bertz CT molecular complexity index is 1890. The smallest absolute Gasteiger partial charge is 0.263 e. The van der Waals surface area contributed by atoms with Crippen LogP contribution in [-0.4, -0.2) is 26.2 Å². The van der Waals surface area contributed by atoms with Gasteiger partial charge in [-0.2, -0.15) is 10.1 Å². The molecule has 0 aliphatic heterocycles. The minimum atomic E-state index is -0.492. The van der Waals surface area contributed by atoms with Crippen molar-refractivity contribution in [1.29, 1.82) is 0 Å². The lowest BCUT2D eigenvalue weighted by atomic mass is 10.0. The summed E-state index contributed by atoms with van der Waals surface area (Å²) in [6, 6.07) is 20.8. The fourth-order valence-corrected chi connectivity index (χ4v) is 5.17. The SMILES string of the molecule is Nc1c(-c2nc3ccccc3s2)c(-c2ccc(Cl)cc2)nc2nc(N/N=C/c3cccc(F)c3)[nH]c(=O)c12. The Morgan fingerprint density at radius 3 is 2.63 bits per heavy atom. The van der Waals surface area contributed by atoms with Crippen LogP contribution in [0.5, 0.6) is 0 Å². The molecule has 38 heavy (non-hydrogen) atoms. The van der Waals surface area contributed by atoms with Crippen LogP contribution < -0.4 is 16.7 Å². The van der Waals surface area contributed by atoms with Crippen molar-refractivity contribution < 1.29 is 4.39 Å². The molecule has 0 aliphatic rings. The van der Waals surface area contributed by atoms with Crippen molar-refractivity contribution >= 4 is 62.0 Å². The highest BCUT2D eigenvalue weighted by Gasteiger charge is 2.22. The molecule has 8 nitrogen and oxygen atoms in total. The van der Waals surface area contributed by atoms with Gasteiger partial charge < -0.3 is 5.73 Å². The van der Waals surface area contributed by atoms with Gasteiger partial charge in [-0.25, -0.2) is 19.8 Å². The number of thiazole rings is 1. The summed E-state index contributed by atoms with van der Waals surface area (Å²) in [6.45, 7) is 0. The molecular weight excluding hydrogens is 525 g/mol. The van der Waals surface area contributed by atoms with Gasteiger partial charge in [-0.1, -0.05) is 48.0 Å². The van der Waals surface area contributed by atoms with Gasteiger partial charge in [0.2, 0.25) is 5.95 Å². The molecule has 4 N–H and O–H groups in total. The molecule has 0 atom stereocenters. The number of rotatable bonds is 5. The number of nitrogens with zero attached hydrogens (tertiary/aromatic N) is 4. The van der Waals surface area contributed by atoms with Gasteiger partial charge in [0.25, 0.3) is 5.56 Å². The number of hydrogen-bond donors (Lipinski definition) is 3. The number of pyridine rings is 1. The highest BCUT2D eigenvalue weighted by molar-refractivity contribution is 7.21. The van der Waals surface area contributed by atoms with Crippen LogP contribution in [0.25, 0.3) is 43.1 Å². The monoisotopic (exact) mass is 541 g/mol. The predicted octanol–water partition coefficient (Wildman–Crippen LogP) is 6.08. The average molecular weight is 542 g/mol. The molecule has 6 aromatic rings. The summed E-state index contributed by atoms with van der Waals surface area (Å²) >= 11 is 7.58. The van der Waals surface area contributed by atoms with Crippen LogP contribution >= 0.6 is 22.9 Å². The lowest BCUT2D eigenvalue weighted by molar-refractivity contribution is 0.627. The number of halogens is 2. The number of nitrogens with one attached hydrogen (secondary N) is 2. The number of nitrogen functional groups attached to an aromatic ring is 1. The molecule has 6 rings (SSSR count). The normalized spacial score (nSPS) is 11.5. The van der Waals surface area contributed by atoms with Crippen LogP contribution in [0.3, 0.4) is 0 Å². The van der Waals surface area contributed by atoms with Gasteiger partial charge in [-0.3, -0.25) is 9.78 Å². The molecule has 0 unspecified atom stereocenters. The second kappa shape index (κ2) is 9.66. The van der Waals surface area contributed by atoms with Gasteiger partial charge in [-0.05, 0) is 42.0 Å². The second-order valence-corrected chi connectivity index (χ2v) is 9.75. The average Bonchev–Trinajstić information content (AvgIpc) is 3.32. The molecular formula is C27H17ClFN7OS. The van der Waals surface area contributed by atoms with Crippen molar-refractivity contribution in [2.24, 2.45) is 5.10 Å². The molecule has 0 bridgehead atoms. The molecule has 11 heteroatoms. The van der Waals surface area contributed by atoms with Crippen LogP contribution in [0.2, 0.25) is 5.02 Å². The molecule has 186 valence electrons. The minimum Gasteiger partial charge on any atom is -0.397 e. The van der Waals surface area contributed by atoms with Crippen LogP contribution in [0.15, 0.2) is 82.7 Å². The molecule has 0 aliphatic carbocycles. The Balaban J connectivity index is 1.51. The van der Waals surface area contributed by atoms with Gasteiger partial charge >= 0.3 is 0 Å². The van der Waals surface area contributed by atoms with Crippen molar-refractivity contribution in [3.05, 3.63) is 99.6 Å². The highest BCUT2D eigenvalue weighted by atomic mass is 35.5. The van der Waals surface area contributed by atoms with Crippen LogP contribution in [-0.2, 0) is 0 Å². The topological polar surface area (TPSA) is 122 Å². The van der Waals surface area contributed by atoms with E-state index in [1.807, 2.05) is 36.4 Å². The Morgan fingerprint density at radius 1 is 1.03 bits per heavy atom. The molecule has 0 saturated heterocycles. The number of anilines is 2. The Kier molecular flexibility index (Phi) is 6.02. The lowest BCUT2D eigenvalue weighted by Crippen LogP contribution is -2.15. The number of aromatic nitrogens is 4. The van der Waals surface area contributed by atoms with Gasteiger partial charge in [-0.15, -0.1) is 11.3 Å². The second-order valence-electron chi connectivity index (χ2n) is 8.28. The first-order valence-corrected chi connectivity index (χ1v) is 12.6. The van der Waals surface area contributed by atoms with E-state index in [9.17, 15) is 9.18 Å². The number of para-hydroxylation sites is 1. The van der Waals surface area contributed by atoms with Crippen molar-refractivity contribution in [1.82, 2.24) is 19.9 Å². The van der Waals surface area contributed by atoms with E-state index in [1.54, 1.807) is 24.3 Å². The maximum absolute atomic E-state index is 13.4. The highest BCUT2D eigenvalue weighted by Crippen LogP contribution is 2.41. The zero-order valence-electron chi connectivity index (χ0n) is 19.4. The van der Waals surface area contributed by atoms with Gasteiger partial charge in [0, 0.05) is 10.6 Å². The Morgan fingerprint density at radius 2 is 1.84 bits per heavy atom. The number of hydrazone groups is 1. The fraction of sp³-hybridized carbons (Fsp3) is 0. The van der Waals surface area contributed by atoms with Crippen LogP contribution in [0.1, 0.15) is 5.56 Å². The van der Waals surface area contributed by atoms with Crippen molar-refractivity contribution in [2.45, 2.75) is 0 Å². The van der Waals surface area contributed by atoms with Crippen molar-refractivity contribution in [3.63, 3.8) is 0 Å². The van der Waals surface area contributed by atoms with Crippen molar-refractivity contribution in [3.8, 4) is 21.8 Å². The molecule has 3 heterocycles. The maximum atomic E-state index is 13.4. The number of aromatic amines is 1. The Labute approximate surface area is 223 Å². The van der Waals surface area contributed by atoms with E-state index in [2.05, 4.69) is 20.5 Å². The molecule has 0 radical (unpaired) electrons. The first-order valence-electron chi connectivity index (χ1n) is 11.4. The van der Waals surface area contributed by atoms with E-state index >= 15 is 0 Å². The number of fused-ring (bicyclic) bond motifs is 2. The maximum Gasteiger partial charge on any atom is 0.263 e. The molecule has 0 saturated carbocycles. The van der Waals surface area contributed by atoms with Crippen LogP contribution in [0, 0.1) is 5.82 Å². The summed E-state index contributed by atoms with van der Waals surface area (Å²) < 4.78 is 14.4. The molecule has 3 aromatic heterocycles. The van der Waals surface area contributed by atoms with E-state index in [1.165, 1.54) is 29.7 Å². The van der Waals surface area contributed by atoms with Crippen molar-refractivity contribution in [2.75, 3.05) is 11.2 Å². The third-order valence-electron chi connectivity index (χ3n) is 5.75. The zero-order valence-corrected chi connectivity index (χ0v) is 21.0. The lowest BCUT2D eigenvalue weighted by Gasteiger charge is -2.13. The third-order valence-corrected chi connectivity index (χ3v) is 7.06. The molecule has 0 spiro atoms. The summed E-state index contributed by atoms with van der Waals surface area (Å²) in [5, 5.41) is 5.38. The fourth-order valence-electron chi connectivity index (χ4n) is 4.02. The number of hydrogen-bond acceptors (Lipinski definition) is 8. The molecule has 0 amide bonds. The van der Waals surface area contributed by atoms with Crippen LogP contribution in [0.4, 0.5) is 16.0 Å². The standard InChI is InChI=1S/C27H17ClFN7OS/c28-16-10-8-15(9-11-16)23-20(26-32-18-6-1-2-7-19(18)38-26)22(30)21-24(33-23)34-27(35-25(21)37)36-31-13-14-4-3-5-17(29)12-14/h1-13H,(H4,30,33,34,35,36,37)/b31-13+. The van der Waals surface area contributed by atoms with E-state index in [0.717, 1.165) is 15.8 Å². The zero-order chi connectivity index (χ0) is 26.2. The third kappa shape index (κ3) is 4.47. The van der Waals surface area contributed by atoms with Gasteiger partial charge in [0.1, 0.15) is 16.2 Å². The minimum absolute atomic E-state index is 0.0526. The summed E-state index contributed by atoms with van der Waals surface area (Å²) in [4.78, 5) is 29.7. The van der Waals surface area contributed by atoms with Gasteiger partial charge in [0.15, 0.2) is 5.65 Å². The quantitative estimate of drug-likeness (QED) is 0.179. The van der Waals surface area contributed by atoms with Gasteiger partial charge in [0.05, 0.1) is 33.4 Å². The summed E-state index contributed by atoms with van der Waals surface area (Å²) in [5.41, 5.74) is 12.3. The first-order chi connectivity index (χ1) is 18.5. The van der Waals surface area contributed by atoms with E-state index in [4.69, 9.17) is 27.3 Å². The Hall–Kier alpha value is -4.67. The molecule has 0 fully saturated rings. The summed E-state index contributed by atoms with van der Waals surface area (Å²) in [5.74, 6) is -0.332.